The van der Waals surface area contributed by atoms with E-state index in [1.807, 2.05) is 0 Å². The summed E-state index contributed by atoms with van der Waals surface area (Å²) in [7, 11) is 0. The topological polar surface area (TPSA) is 553 Å². The van der Waals surface area contributed by atoms with Crippen molar-refractivity contribution in [3.05, 3.63) is 0 Å². The molecule has 3 saturated heterocycles. The third-order valence-electron chi connectivity index (χ3n) is 15.6. The number of ether oxygens (including phenoxy) is 9. The molecule has 0 spiro atoms. The lowest BCUT2D eigenvalue weighted by atomic mass is 9.97. The van der Waals surface area contributed by atoms with E-state index in [1.54, 1.807) is 0 Å². The van der Waals surface area contributed by atoms with Crippen LogP contribution in [-0.2, 0) is 85.8 Å². The summed E-state index contributed by atoms with van der Waals surface area (Å²) in [6.45, 7) is 3.30. The normalized spacial score (nSPS) is 25.5. The molecule has 1 unspecified atom stereocenters. The fourth-order valence-electron chi connectivity index (χ4n) is 10.2. The van der Waals surface area contributed by atoms with Crippen LogP contribution in [0.5, 0.6) is 0 Å². The fourth-order valence-corrected chi connectivity index (χ4v) is 10.2. The van der Waals surface area contributed by atoms with Gasteiger partial charge in [0.2, 0.25) is 53.2 Å². The van der Waals surface area contributed by atoms with Crippen LogP contribution >= 0.6 is 0 Å². The predicted octanol–water partition coefficient (Wildman–Crippen LogP) is -7.84. The lowest BCUT2D eigenvalue weighted by molar-refractivity contribution is -0.270. The summed E-state index contributed by atoms with van der Waals surface area (Å²) in [6.07, 6.45) is -11.2. The molecule has 98 heavy (non-hydrogen) atoms. The van der Waals surface area contributed by atoms with Gasteiger partial charge in [0.25, 0.3) is 0 Å². The van der Waals surface area contributed by atoms with E-state index in [4.69, 9.17) is 48.4 Å². The molecule has 0 radical (unpaired) electrons. The van der Waals surface area contributed by atoms with Crippen molar-refractivity contribution in [2.24, 2.45) is 5.73 Å². The number of nitrogens with one attached hydrogen (secondary N) is 9. The molecular formula is C61H110N10O27. The second-order valence-corrected chi connectivity index (χ2v) is 24.2. The second kappa shape index (κ2) is 49.1. The molecule has 3 aliphatic heterocycles. The summed E-state index contributed by atoms with van der Waals surface area (Å²) in [5, 5.41) is 114. The van der Waals surface area contributed by atoms with Gasteiger partial charge in [0, 0.05) is 118 Å². The van der Waals surface area contributed by atoms with Gasteiger partial charge >= 0.3 is 0 Å². The SMILES string of the molecule is CC(=O)N[C@H]1[C@H](OCCCCC(=O)NCCCNC(=O)CCOCC(N)(COCCC(=O)NCCCNC(=O)CCCCOC2O[C@H](CO)[C@H](O)[C@H](O)[C@H]2NC(C)=O)COCCC(=O)NCCCNC(=O)CCCCO[C@@H]2O[C@H](CO)[C@H](O)[C@H](O)[C@H]2NC(C)=O)O[C@H](CO)[C@H](O)[C@@H]1O. The highest BCUT2D eigenvalue weighted by molar-refractivity contribution is 5.78. The van der Waals surface area contributed by atoms with Crippen molar-refractivity contribution >= 4 is 53.2 Å². The largest absolute Gasteiger partial charge is 0.394 e. The quantitative estimate of drug-likeness (QED) is 0.0252. The molecule has 20 N–H and O–H groups in total. The van der Waals surface area contributed by atoms with Gasteiger partial charge in [0.1, 0.15) is 73.1 Å². The van der Waals surface area contributed by atoms with Crippen LogP contribution < -0.4 is 53.6 Å². The Hall–Kier alpha value is -5.53. The smallest absolute Gasteiger partial charge is 0.222 e. The van der Waals surface area contributed by atoms with Crippen molar-refractivity contribution in [2.75, 3.05) is 119 Å². The molecular weight excluding hydrogens is 1300 g/mol. The van der Waals surface area contributed by atoms with Gasteiger partial charge in [-0.15, -0.1) is 0 Å². The lowest BCUT2D eigenvalue weighted by Gasteiger charge is -2.42. The third kappa shape index (κ3) is 34.7. The number of nitrogens with two attached hydrogens (primary N) is 1. The molecule has 0 aromatic rings. The first-order valence-electron chi connectivity index (χ1n) is 33.5. The van der Waals surface area contributed by atoms with E-state index in [-0.39, 0.29) is 173 Å². The van der Waals surface area contributed by atoms with E-state index in [2.05, 4.69) is 47.9 Å². The first kappa shape index (κ1) is 86.7. The minimum absolute atomic E-state index is 0.0371. The molecule has 3 aliphatic rings. The number of carbonyl (C=O) groups is 9. The highest BCUT2D eigenvalue weighted by Gasteiger charge is 2.48. The highest BCUT2D eigenvalue weighted by atomic mass is 16.7. The highest BCUT2D eigenvalue weighted by Crippen LogP contribution is 2.25. The average Bonchev–Trinajstić information content (AvgIpc) is 0.825. The summed E-state index contributed by atoms with van der Waals surface area (Å²) in [5.41, 5.74) is 5.39. The number of hydrogen-bond acceptors (Lipinski definition) is 28. The molecule has 0 saturated carbocycles. The van der Waals surface area contributed by atoms with Crippen molar-refractivity contribution in [3.63, 3.8) is 0 Å². The zero-order chi connectivity index (χ0) is 72.4. The Kier molecular flexibility index (Phi) is 43.4. The van der Waals surface area contributed by atoms with Crippen LogP contribution in [0.4, 0.5) is 0 Å². The molecule has 3 rings (SSSR count). The standard InChI is InChI=1S/C61H110N10O27/c1-37(75)69-49-55(87)52(84)40(31-72)96-58(49)93-25-7-4-13-43(78)63-19-10-22-66-46(81)16-28-90-34-61(62,35-91-29-17-47(82)67-23-11-20-64-44(79)14-5-8-26-94-59-50(70-38(2)76)56(88)53(85)41(32-73)97-59)36-92-30-18-48(83)68-24-12-21-65-45(80)15-6-9-27-95-60-51(71-39(3)77)57(89)54(86)42(33-74)98-60/h40-42,49-60,72-74,84-89H,4-36,62H2,1-3H3,(H,63,78)(H,64,79)(H,65,80)(H,66,81)(H,67,82)(H,68,83)(H,69,75)(H,70,76)(H,71,77)/t40-,41-,42-,49-,50-,51-,52+,53+,54+,55-,56-,57-,58-,59-,60?/m1/s1. The second-order valence-electron chi connectivity index (χ2n) is 24.2. The molecule has 37 heteroatoms. The number of hydrogen-bond donors (Lipinski definition) is 19. The van der Waals surface area contributed by atoms with E-state index in [1.165, 1.54) is 20.8 Å². The number of aliphatic hydroxyl groups excluding tert-OH is 9. The van der Waals surface area contributed by atoms with Gasteiger partial charge in [-0.3, -0.25) is 43.2 Å². The Morgan fingerprint density at radius 3 is 0.806 bits per heavy atom. The van der Waals surface area contributed by atoms with Crippen LogP contribution in [0.15, 0.2) is 0 Å². The summed E-state index contributed by atoms with van der Waals surface area (Å²) in [5.74, 6) is -3.12. The summed E-state index contributed by atoms with van der Waals surface area (Å²) in [6, 6.07) is -3.23. The van der Waals surface area contributed by atoms with Gasteiger partial charge in [0.15, 0.2) is 18.9 Å². The zero-order valence-corrected chi connectivity index (χ0v) is 56.4. The van der Waals surface area contributed by atoms with Gasteiger partial charge in [-0.1, -0.05) is 0 Å². The Labute approximate surface area is 570 Å². The number of amides is 9. The maximum atomic E-state index is 12.7. The summed E-state index contributed by atoms with van der Waals surface area (Å²) in [4.78, 5) is 110. The summed E-state index contributed by atoms with van der Waals surface area (Å²) < 4.78 is 51.0. The Morgan fingerprint density at radius 1 is 0.347 bits per heavy atom. The van der Waals surface area contributed by atoms with E-state index in [0.717, 1.165) is 0 Å². The third-order valence-corrected chi connectivity index (χ3v) is 15.6. The molecule has 566 valence electrons. The van der Waals surface area contributed by atoms with Crippen LogP contribution in [0.2, 0.25) is 0 Å². The molecule has 3 heterocycles. The average molecular weight is 1420 g/mol. The van der Waals surface area contributed by atoms with Crippen molar-refractivity contribution in [2.45, 2.75) is 215 Å². The van der Waals surface area contributed by atoms with Crippen LogP contribution in [0.3, 0.4) is 0 Å². The van der Waals surface area contributed by atoms with Gasteiger partial charge < -0.3 is 142 Å². The van der Waals surface area contributed by atoms with Gasteiger partial charge in [-0.05, 0) is 57.8 Å². The molecule has 0 aliphatic carbocycles. The van der Waals surface area contributed by atoms with E-state index < -0.39 is 135 Å². The first-order chi connectivity index (χ1) is 46.8. The monoisotopic (exact) mass is 1410 g/mol. The van der Waals surface area contributed by atoms with E-state index in [0.29, 0.717) is 57.8 Å². The maximum Gasteiger partial charge on any atom is 0.222 e. The molecule has 3 fully saturated rings. The minimum Gasteiger partial charge on any atom is -0.394 e. The van der Waals surface area contributed by atoms with Crippen LogP contribution in [0.25, 0.3) is 0 Å². The minimum atomic E-state index is -1.44. The van der Waals surface area contributed by atoms with Gasteiger partial charge in [-0.2, -0.15) is 0 Å². The van der Waals surface area contributed by atoms with Crippen LogP contribution in [-0.4, -0.2) is 315 Å². The molecule has 9 amide bonds. The molecule has 0 bridgehead atoms. The molecule has 37 nitrogen and oxygen atoms in total. The number of aliphatic hydroxyl groups is 9. The Balaban J connectivity index is 1.34. The van der Waals surface area contributed by atoms with E-state index in [9.17, 15) is 89.1 Å². The van der Waals surface area contributed by atoms with Crippen molar-refractivity contribution in [1.29, 1.82) is 0 Å². The van der Waals surface area contributed by atoms with Crippen LogP contribution in [0.1, 0.15) is 117 Å². The Morgan fingerprint density at radius 2 is 0.582 bits per heavy atom. The Bertz CT molecular complexity index is 2110. The van der Waals surface area contributed by atoms with Crippen molar-refractivity contribution < 1.29 is 132 Å². The van der Waals surface area contributed by atoms with E-state index >= 15 is 0 Å². The molecule has 15 atom stereocenters. The lowest BCUT2D eigenvalue weighted by Crippen LogP contribution is -2.64. The van der Waals surface area contributed by atoms with Crippen LogP contribution in [0, 0.1) is 0 Å². The number of unbranched alkanes of at least 4 members (excludes halogenated alkanes) is 3. The number of carbonyl (C=O) groups excluding carboxylic acids is 9. The maximum absolute atomic E-state index is 12.7. The van der Waals surface area contributed by atoms with Crippen molar-refractivity contribution in [3.8, 4) is 0 Å². The zero-order valence-electron chi connectivity index (χ0n) is 56.4. The first-order valence-corrected chi connectivity index (χ1v) is 33.5. The van der Waals surface area contributed by atoms with Crippen molar-refractivity contribution in [1.82, 2.24) is 47.9 Å². The predicted molar refractivity (Wildman–Crippen MR) is 341 cm³/mol. The number of rotatable bonds is 51. The molecule has 0 aromatic heterocycles. The van der Waals surface area contributed by atoms with Gasteiger partial charge in [-0.25, -0.2) is 0 Å². The summed E-state index contributed by atoms with van der Waals surface area (Å²) >= 11 is 0. The molecule has 0 aromatic carbocycles. The fraction of sp³-hybridized carbons (Fsp3) is 0.852. The van der Waals surface area contributed by atoms with Gasteiger partial charge in [0.05, 0.1) is 65.0 Å².